The summed E-state index contributed by atoms with van der Waals surface area (Å²) in [5, 5.41) is 11.5. The molecule has 25 heavy (non-hydrogen) atoms. The first kappa shape index (κ1) is 19.5. The molecule has 1 saturated heterocycles. The van der Waals surface area contributed by atoms with Crippen molar-refractivity contribution in [2.75, 3.05) is 26.3 Å². The lowest BCUT2D eigenvalue weighted by Crippen LogP contribution is -2.37. The van der Waals surface area contributed by atoms with Gasteiger partial charge in [-0.15, -0.1) is 0 Å². The number of nitro benzene ring substituents is 1. The predicted octanol–water partition coefficient (Wildman–Crippen LogP) is 2.88. The van der Waals surface area contributed by atoms with Gasteiger partial charge >= 0.3 is 11.2 Å². The molecule has 1 aliphatic heterocycles. The molecule has 1 aliphatic rings. The van der Waals surface area contributed by atoms with E-state index in [0.717, 1.165) is 40.9 Å². The van der Waals surface area contributed by atoms with Gasteiger partial charge in [-0.1, -0.05) is 0 Å². The Kier molecular flexibility index (Phi) is 6.61. The first-order chi connectivity index (χ1) is 11.7. The lowest BCUT2D eigenvalue weighted by atomic mass is 10.2. The molecule has 3 rings (SSSR count). The Morgan fingerprint density at radius 3 is 2.24 bits per heavy atom. The van der Waals surface area contributed by atoms with Gasteiger partial charge in [-0.2, -0.15) is 4.37 Å². The average Bonchev–Trinajstić information content (AvgIpc) is 3.04. The van der Waals surface area contributed by atoms with Crippen molar-refractivity contribution in [3.8, 4) is 10.6 Å². The smallest absolute Gasteiger partial charge is 0.418 e. The fourth-order valence-corrected chi connectivity index (χ4v) is 3.96. The molecule has 1 aromatic carbocycles. The number of rotatable bonds is 2. The highest BCUT2D eigenvalue weighted by Gasteiger charge is 2.20. The molecule has 0 unspecified atom stereocenters. The minimum Gasteiger partial charge on any atom is -0.418 e. The Bertz CT molecular complexity index is 778. The molecule has 6 nitrogen and oxygen atoms in total. The Hall–Kier alpha value is -1.86. The second kappa shape index (κ2) is 8.49. The molecule has 1 aromatic heterocycles. The minimum absolute atomic E-state index is 0.0994. The van der Waals surface area contributed by atoms with Gasteiger partial charge < -0.3 is 22.0 Å². The van der Waals surface area contributed by atoms with Crippen molar-refractivity contribution >= 4 is 35.8 Å². The molecule has 13 heteroatoms. The van der Waals surface area contributed by atoms with Crippen molar-refractivity contribution in [2.45, 2.75) is 0 Å². The zero-order chi connectivity index (χ0) is 18.4. The summed E-state index contributed by atoms with van der Waals surface area (Å²) >= 11 is 3.08. The van der Waals surface area contributed by atoms with Crippen LogP contribution in [0.4, 0.5) is 23.0 Å². The van der Waals surface area contributed by atoms with E-state index in [2.05, 4.69) is 8.95 Å². The van der Waals surface area contributed by atoms with Gasteiger partial charge in [-0.05, 0) is 23.5 Å². The fraction of sp³-hybridized carbons (Fsp3) is 0.333. The monoisotopic (exact) mass is 397 g/mol. The number of halogens is 4. The molecule has 0 bridgehead atoms. The highest BCUT2D eigenvalue weighted by molar-refractivity contribution is 7.25. The van der Waals surface area contributed by atoms with Gasteiger partial charge in [0.1, 0.15) is 18.2 Å². The van der Waals surface area contributed by atoms with Crippen molar-refractivity contribution in [1.82, 2.24) is 8.95 Å². The van der Waals surface area contributed by atoms with Crippen LogP contribution in [0, 0.1) is 10.1 Å². The van der Waals surface area contributed by atoms with Gasteiger partial charge in [0.2, 0.25) is 0 Å². The fourth-order valence-electron chi connectivity index (χ4n) is 1.91. The Balaban J connectivity index is 0.000000399. The number of non-ortho nitro benzene ring substituents is 1. The molecule has 1 fully saturated rings. The summed E-state index contributed by atoms with van der Waals surface area (Å²) in [6.45, 7) is 3.27. The third kappa shape index (κ3) is 6.51. The number of hydrogen-bond acceptors (Lipinski definition) is 6. The summed E-state index contributed by atoms with van der Waals surface area (Å²) in [5.41, 5.74) is 1.01. The average molecular weight is 397 g/mol. The van der Waals surface area contributed by atoms with E-state index in [1.807, 2.05) is 0 Å². The summed E-state index contributed by atoms with van der Waals surface area (Å²) in [6, 6.07) is 6.51. The Labute approximate surface area is 147 Å². The molecule has 0 atom stereocenters. The van der Waals surface area contributed by atoms with E-state index in [1.165, 1.54) is 23.7 Å². The van der Waals surface area contributed by atoms with Crippen LogP contribution < -0.4 is 8.56 Å². The highest BCUT2D eigenvalue weighted by Crippen LogP contribution is 2.23. The van der Waals surface area contributed by atoms with Crippen LogP contribution in [0.25, 0.3) is 10.6 Å². The number of hydrogen-bond donors (Lipinski definition) is 0. The SMILES string of the molecule is F[B-](F)(F)F.O=[N+]([O-])c1ccc(-c2nsc(=[N+]3CCOCC3)s2)cc1. The number of nitro groups is 1. The number of morpholine rings is 1. The zero-order valence-corrected chi connectivity index (χ0v) is 14.2. The van der Waals surface area contributed by atoms with Crippen molar-refractivity contribution in [2.24, 2.45) is 0 Å². The van der Waals surface area contributed by atoms with Crippen LogP contribution in [0.5, 0.6) is 0 Å². The van der Waals surface area contributed by atoms with Crippen molar-refractivity contribution in [1.29, 1.82) is 0 Å². The highest BCUT2D eigenvalue weighted by atomic mass is 32.2. The molecule has 0 amide bonds. The molecule has 0 aliphatic carbocycles. The largest absolute Gasteiger partial charge is 0.673 e. The van der Waals surface area contributed by atoms with Gasteiger partial charge in [0, 0.05) is 29.2 Å². The van der Waals surface area contributed by atoms with Crippen molar-refractivity contribution < 1.29 is 26.9 Å². The molecule has 0 N–H and O–H groups in total. The molecular formula is C12H12BF4N3O3S2. The quantitative estimate of drug-likeness (QED) is 0.257. The van der Waals surface area contributed by atoms with E-state index >= 15 is 0 Å². The van der Waals surface area contributed by atoms with E-state index in [1.54, 1.807) is 23.5 Å². The summed E-state index contributed by atoms with van der Waals surface area (Å²) < 4.78 is 52.2. The summed E-state index contributed by atoms with van der Waals surface area (Å²) in [7, 11) is -6.00. The van der Waals surface area contributed by atoms with E-state index in [4.69, 9.17) is 4.74 Å². The molecule has 0 radical (unpaired) electrons. The van der Waals surface area contributed by atoms with Crippen LogP contribution in [0.2, 0.25) is 0 Å². The van der Waals surface area contributed by atoms with E-state index in [0.29, 0.717) is 0 Å². The molecule has 2 heterocycles. The molecule has 136 valence electrons. The van der Waals surface area contributed by atoms with Crippen LogP contribution >= 0.6 is 22.9 Å². The van der Waals surface area contributed by atoms with Crippen LogP contribution in [-0.2, 0) is 4.74 Å². The maximum Gasteiger partial charge on any atom is 0.673 e. The van der Waals surface area contributed by atoms with Crippen LogP contribution in [0.3, 0.4) is 0 Å². The molecule has 0 spiro atoms. The Morgan fingerprint density at radius 1 is 1.16 bits per heavy atom. The van der Waals surface area contributed by atoms with Crippen LogP contribution in [-0.4, -0.2) is 42.9 Å². The molecule has 0 saturated carbocycles. The van der Waals surface area contributed by atoms with Gasteiger partial charge in [-0.3, -0.25) is 10.1 Å². The standard InChI is InChI=1S/C12H12N3O3S2.BF4/c16-15(17)10-3-1-9(2-4-10)11-13-20-12(19-11)14-5-7-18-8-6-14;2-1(3,4)5/h1-4H,5-8H2;/q+1;-1. The van der Waals surface area contributed by atoms with Gasteiger partial charge in [0.05, 0.1) is 4.92 Å². The predicted molar refractivity (Wildman–Crippen MR) is 88.1 cm³/mol. The van der Waals surface area contributed by atoms with Crippen molar-refractivity contribution in [3.63, 3.8) is 0 Å². The van der Waals surface area contributed by atoms with E-state index in [-0.39, 0.29) is 5.69 Å². The molecule has 2 aromatic rings. The van der Waals surface area contributed by atoms with E-state index < -0.39 is 12.2 Å². The minimum atomic E-state index is -6.00. The first-order valence-electron chi connectivity index (χ1n) is 6.98. The zero-order valence-electron chi connectivity index (χ0n) is 12.6. The second-order valence-electron chi connectivity index (χ2n) is 4.75. The lowest BCUT2D eigenvalue weighted by molar-refractivity contribution is -0.384. The summed E-state index contributed by atoms with van der Waals surface area (Å²) in [6.07, 6.45) is 0. The first-order valence-corrected chi connectivity index (χ1v) is 8.57. The van der Waals surface area contributed by atoms with Gasteiger partial charge in [-0.25, -0.2) is 4.58 Å². The molecular weight excluding hydrogens is 385 g/mol. The number of ether oxygens (including phenoxy) is 1. The summed E-state index contributed by atoms with van der Waals surface area (Å²) in [4.78, 5) is 10.2. The maximum atomic E-state index is 10.6. The Morgan fingerprint density at radius 2 is 1.72 bits per heavy atom. The normalized spacial score (nSPS) is 14.6. The van der Waals surface area contributed by atoms with Crippen LogP contribution in [0.15, 0.2) is 24.3 Å². The summed E-state index contributed by atoms with van der Waals surface area (Å²) in [5.74, 6) is 0. The van der Waals surface area contributed by atoms with Gasteiger partial charge in [0.25, 0.3) is 5.69 Å². The second-order valence-corrected chi connectivity index (χ2v) is 6.74. The lowest BCUT2D eigenvalue weighted by Gasteiger charge is -2.08. The topological polar surface area (TPSA) is 68.3 Å². The van der Waals surface area contributed by atoms with E-state index in [9.17, 15) is 27.4 Å². The third-order valence-corrected chi connectivity index (χ3v) is 5.22. The van der Waals surface area contributed by atoms with Gasteiger partial charge in [0.15, 0.2) is 13.1 Å². The van der Waals surface area contributed by atoms with Crippen molar-refractivity contribution in [3.05, 3.63) is 38.4 Å². The number of nitrogens with zero attached hydrogens (tertiary/aromatic N) is 3. The third-order valence-electron chi connectivity index (χ3n) is 2.98. The maximum absolute atomic E-state index is 10.6. The number of aromatic nitrogens is 1. The van der Waals surface area contributed by atoms with Crippen LogP contribution in [0.1, 0.15) is 0 Å². The number of benzene rings is 1.